The van der Waals surface area contributed by atoms with E-state index in [4.69, 9.17) is 0 Å². The lowest BCUT2D eigenvalue weighted by Gasteiger charge is -2.12. The molecule has 19 heavy (non-hydrogen) atoms. The van der Waals surface area contributed by atoms with Gasteiger partial charge in [-0.3, -0.25) is 24.3 Å². The molecule has 0 bridgehead atoms. The molecule has 0 radical (unpaired) electrons. The topological polar surface area (TPSA) is 67.3 Å². The molecule has 1 aromatic heterocycles. The molecule has 0 saturated carbocycles. The van der Waals surface area contributed by atoms with Crippen molar-refractivity contribution in [1.29, 1.82) is 0 Å². The second-order valence-corrected chi connectivity index (χ2v) is 6.84. The third-order valence-electron chi connectivity index (χ3n) is 2.79. The number of carbonyl (C=O) groups is 3. The molecule has 5 nitrogen and oxygen atoms in total. The Kier molecular flexibility index (Phi) is 3.99. The normalized spacial score (nSPS) is 14.2. The molecule has 2 heterocycles. The highest BCUT2D eigenvalue weighted by Crippen LogP contribution is 2.20. The maximum absolute atomic E-state index is 12.0. The van der Waals surface area contributed by atoms with Crippen molar-refractivity contribution in [3.05, 3.63) is 29.6 Å². The van der Waals surface area contributed by atoms with Gasteiger partial charge in [-0.1, -0.05) is 0 Å². The van der Waals surface area contributed by atoms with Crippen LogP contribution in [0.5, 0.6) is 0 Å². The van der Waals surface area contributed by atoms with E-state index in [1.54, 1.807) is 12.1 Å². The van der Waals surface area contributed by atoms with Crippen LogP contribution in [0.4, 0.5) is 0 Å². The van der Waals surface area contributed by atoms with Crippen LogP contribution in [0.1, 0.15) is 27.3 Å². The molecule has 2 amide bonds. The molecule has 6 heteroatoms. The number of imide groups is 1. The van der Waals surface area contributed by atoms with Gasteiger partial charge in [0, 0.05) is 19.2 Å². The first-order valence-electron chi connectivity index (χ1n) is 5.88. The van der Waals surface area contributed by atoms with Gasteiger partial charge in [-0.25, -0.2) is 0 Å². The molecule has 1 aliphatic rings. The first-order valence-corrected chi connectivity index (χ1v) is 8.09. The molecular weight excluding hydrogens is 264 g/mol. The Labute approximate surface area is 114 Å². The number of amides is 2. The van der Waals surface area contributed by atoms with Crippen molar-refractivity contribution in [1.82, 2.24) is 9.88 Å². The Morgan fingerprint density at radius 1 is 1.32 bits per heavy atom. The zero-order valence-electron chi connectivity index (χ0n) is 10.9. The molecular formula is C13H15N2O3S+. The van der Waals surface area contributed by atoms with Crippen molar-refractivity contribution in [2.75, 3.05) is 24.8 Å². The van der Waals surface area contributed by atoms with E-state index in [-0.39, 0.29) is 41.2 Å². The lowest BCUT2D eigenvalue weighted by molar-refractivity contribution is -0.116. The van der Waals surface area contributed by atoms with Gasteiger partial charge in [0.1, 0.15) is 5.69 Å². The van der Waals surface area contributed by atoms with Crippen LogP contribution in [0.2, 0.25) is 0 Å². The summed E-state index contributed by atoms with van der Waals surface area (Å²) >= 11 is 0. The minimum absolute atomic E-state index is 0.0436. The number of carbonyl (C=O) groups excluding carboxylic acids is 3. The number of nitrogens with zero attached hydrogens (tertiary/aromatic N) is 2. The molecule has 0 aromatic carbocycles. The zero-order chi connectivity index (χ0) is 14.0. The van der Waals surface area contributed by atoms with Gasteiger partial charge >= 0.3 is 0 Å². The van der Waals surface area contributed by atoms with Crippen LogP contribution in [0.15, 0.2) is 18.3 Å². The summed E-state index contributed by atoms with van der Waals surface area (Å²) in [6.07, 6.45) is 5.68. The highest BCUT2D eigenvalue weighted by Gasteiger charge is 2.36. The monoisotopic (exact) mass is 279 g/mol. The summed E-state index contributed by atoms with van der Waals surface area (Å²) in [5, 5.41) is 0. The minimum Gasteiger partial charge on any atom is -0.294 e. The molecule has 1 aliphatic heterocycles. The van der Waals surface area contributed by atoms with E-state index >= 15 is 0 Å². The Balaban J connectivity index is 2.03. The summed E-state index contributed by atoms with van der Waals surface area (Å²) in [5.41, 5.74) is 0.511. The molecule has 0 unspecified atom stereocenters. The lowest BCUT2D eigenvalue weighted by Crippen LogP contribution is -2.32. The quantitative estimate of drug-likeness (QED) is 0.582. The third kappa shape index (κ3) is 2.84. The molecule has 0 atom stereocenters. The van der Waals surface area contributed by atoms with E-state index in [2.05, 4.69) is 4.98 Å². The van der Waals surface area contributed by atoms with E-state index in [1.807, 2.05) is 12.5 Å². The number of ketones is 1. The number of hydrogen-bond donors (Lipinski definition) is 0. The van der Waals surface area contributed by atoms with Crippen molar-refractivity contribution >= 4 is 28.5 Å². The minimum atomic E-state index is -0.402. The SMILES string of the molecule is C[S+](C)CC(=O)CCN1C(=O)c2cccnc2C1=O. The number of rotatable bonds is 5. The Morgan fingerprint density at radius 3 is 2.68 bits per heavy atom. The molecule has 0 N–H and O–H groups in total. The summed E-state index contributed by atoms with van der Waals surface area (Å²) in [5.74, 6) is -0.173. The van der Waals surface area contributed by atoms with Crippen LogP contribution in [0, 0.1) is 0 Å². The van der Waals surface area contributed by atoms with Crippen molar-refractivity contribution in [3.8, 4) is 0 Å². The van der Waals surface area contributed by atoms with Gasteiger partial charge in [-0.05, 0) is 23.0 Å². The largest absolute Gasteiger partial charge is 0.294 e. The average Bonchev–Trinajstić information content (AvgIpc) is 2.60. The predicted molar refractivity (Wildman–Crippen MR) is 73.3 cm³/mol. The van der Waals surface area contributed by atoms with E-state index in [1.165, 1.54) is 6.20 Å². The molecule has 0 saturated heterocycles. The van der Waals surface area contributed by atoms with E-state index in [0.29, 0.717) is 11.3 Å². The second-order valence-electron chi connectivity index (χ2n) is 4.58. The van der Waals surface area contributed by atoms with Crippen LogP contribution in [-0.4, -0.2) is 52.3 Å². The van der Waals surface area contributed by atoms with Crippen molar-refractivity contribution in [2.45, 2.75) is 6.42 Å². The van der Waals surface area contributed by atoms with Gasteiger partial charge in [-0.15, -0.1) is 0 Å². The number of fused-ring (bicyclic) bond motifs is 1. The average molecular weight is 279 g/mol. The van der Waals surface area contributed by atoms with Gasteiger partial charge in [0.2, 0.25) is 0 Å². The van der Waals surface area contributed by atoms with E-state index < -0.39 is 5.91 Å². The molecule has 2 rings (SSSR count). The van der Waals surface area contributed by atoms with Crippen LogP contribution < -0.4 is 0 Å². The fraction of sp³-hybridized carbons (Fsp3) is 0.385. The second kappa shape index (κ2) is 5.52. The number of aromatic nitrogens is 1. The number of pyridine rings is 1. The predicted octanol–water partition coefficient (Wildman–Crippen LogP) is 0.515. The van der Waals surface area contributed by atoms with Crippen LogP contribution in [0.25, 0.3) is 0 Å². The van der Waals surface area contributed by atoms with Crippen LogP contribution in [0.3, 0.4) is 0 Å². The Hall–Kier alpha value is -1.69. The Bertz CT molecular complexity index is 507. The summed E-state index contributed by atoms with van der Waals surface area (Å²) in [4.78, 5) is 40.6. The summed E-state index contributed by atoms with van der Waals surface area (Å²) in [7, 11) is 0.0436. The van der Waals surface area contributed by atoms with Crippen LogP contribution in [-0.2, 0) is 15.7 Å². The fourth-order valence-electron chi connectivity index (χ4n) is 1.95. The Morgan fingerprint density at radius 2 is 2.05 bits per heavy atom. The standard InChI is InChI=1S/C13H15N2O3S/c1-19(2)8-9(16)5-7-15-12(17)10-4-3-6-14-11(10)13(15)18/h3-4,6H,5,7-8H2,1-2H3/q+1. The van der Waals surface area contributed by atoms with Gasteiger partial charge in [0.25, 0.3) is 11.8 Å². The first-order chi connectivity index (χ1) is 9.00. The molecule has 1 aromatic rings. The summed E-state index contributed by atoms with van der Waals surface area (Å²) in [6, 6.07) is 3.21. The molecule has 0 spiro atoms. The lowest BCUT2D eigenvalue weighted by atomic mass is 10.2. The van der Waals surface area contributed by atoms with Gasteiger partial charge in [-0.2, -0.15) is 0 Å². The first kappa shape index (κ1) is 13.7. The van der Waals surface area contributed by atoms with E-state index in [9.17, 15) is 14.4 Å². The number of hydrogen-bond acceptors (Lipinski definition) is 4. The summed E-state index contributed by atoms with van der Waals surface area (Å²) in [6.45, 7) is 0.143. The van der Waals surface area contributed by atoms with Crippen molar-refractivity contribution < 1.29 is 14.4 Å². The maximum Gasteiger partial charge on any atom is 0.280 e. The smallest absolute Gasteiger partial charge is 0.280 e. The fourth-order valence-corrected chi connectivity index (χ4v) is 2.74. The van der Waals surface area contributed by atoms with Crippen LogP contribution >= 0.6 is 0 Å². The molecule has 100 valence electrons. The molecule has 0 aliphatic carbocycles. The number of Topliss-reactive ketones (excluding diaryl/α,β-unsaturated/α-hetero) is 1. The highest BCUT2D eigenvalue weighted by molar-refractivity contribution is 7.96. The highest BCUT2D eigenvalue weighted by atomic mass is 32.2. The van der Waals surface area contributed by atoms with Crippen molar-refractivity contribution in [3.63, 3.8) is 0 Å². The van der Waals surface area contributed by atoms with Crippen molar-refractivity contribution in [2.24, 2.45) is 0 Å². The zero-order valence-corrected chi connectivity index (χ0v) is 11.7. The van der Waals surface area contributed by atoms with Gasteiger partial charge < -0.3 is 0 Å². The molecule has 0 fully saturated rings. The van der Waals surface area contributed by atoms with E-state index in [0.717, 1.165) is 4.90 Å². The van der Waals surface area contributed by atoms with Gasteiger partial charge in [0.15, 0.2) is 11.5 Å². The maximum atomic E-state index is 12.0. The summed E-state index contributed by atoms with van der Waals surface area (Å²) < 4.78 is 0. The third-order valence-corrected chi connectivity index (χ3v) is 3.69. The van der Waals surface area contributed by atoms with Gasteiger partial charge in [0.05, 0.1) is 18.1 Å².